The first-order valence-corrected chi connectivity index (χ1v) is 9.07. The molecule has 0 fully saturated rings. The molecular formula is C19H19B3N2O5. The Morgan fingerprint density at radius 3 is 2.34 bits per heavy atom. The van der Waals surface area contributed by atoms with Crippen molar-refractivity contribution in [2.45, 2.75) is 5.11 Å². The number of nitrogens with one attached hydrogen (secondary N) is 1. The molecule has 1 aromatic heterocycles. The van der Waals surface area contributed by atoms with E-state index in [1.54, 1.807) is 18.2 Å². The zero-order chi connectivity index (χ0) is 21.2. The Morgan fingerprint density at radius 1 is 1.03 bits per heavy atom. The normalized spacial score (nSPS) is 11.2. The number of nitrogens with zero attached hydrogens (tertiary/aromatic N) is 1. The van der Waals surface area contributed by atoms with Crippen LogP contribution < -0.4 is 10.1 Å². The Morgan fingerprint density at radius 2 is 1.72 bits per heavy atom. The van der Waals surface area contributed by atoms with Crippen LogP contribution in [0.25, 0.3) is 10.8 Å². The highest BCUT2D eigenvalue weighted by Crippen LogP contribution is 2.35. The molecule has 3 aromatic rings. The lowest BCUT2D eigenvalue weighted by Crippen LogP contribution is -2.33. The first kappa shape index (κ1) is 20.3. The van der Waals surface area contributed by atoms with Crippen LogP contribution in [0.15, 0.2) is 48.5 Å². The van der Waals surface area contributed by atoms with Crippen molar-refractivity contribution in [1.29, 1.82) is 0 Å². The molecule has 0 aliphatic carbocycles. The molecule has 10 heteroatoms. The van der Waals surface area contributed by atoms with Gasteiger partial charge in [-0.1, -0.05) is 23.3 Å². The smallest absolute Gasteiger partial charge is 0.322 e. The molecule has 0 bridgehead atoms. The van der Waals surface area contributed by atoms with E-state index in [2.05, 4.69) is 10.3 Å². The van der Waals surface area contributed by atoms with Gasteiger partial charge in [0.05, 0.1) is 23.5 Å². The molecule has 0 radical (unpaired) electrons. The number of hydrogen-bond acceptors (Lipinski definition) is 5. The number of pyridine rings is 1. The third kappa shape index (κ3) is 4.54. The number of amides is 1. The van der Waals surface area contributed by atoms with Gasteiger partial charge in [-0.3, -0.25) is 9.59 Å². The maximum absolute atomic E-state index is 12.4. The van der Waals surface area contributed by atoms with Crippen molar-refractivity contribution in [3.8, 4) is 17.2 Å². The van der Waals surface area contributed by atoms with Gasteiger partial charge in [0.1, 0.15) is 18.0 Å². The van der Waals surface area contributed by atoms with Crippen LogP contribution in [0.2, 0.25) is 0 Å². The number of aromatic nitrogens is 1. The molecule has 1 heterocycles. The van der Waals surface area contributed by atoms with Gasteiger partial charge in [-0.25, -0.2) is 4.98 Å². The van der Waals surface area contributed by atoms with Gasteiger partial charge in [0.15, 0.2) is 11.4 Å². The number of carboxylic acids is 1. The minimum absolute atomic E-state index is 0.208. The lowest BCUT2D eigenvalue weighted by atomic mass is 9.41. The molecule has 0 atom stereocenters. The third-order valence-corrected chi connectivity index (χ3v) is 4.25. The van der Waals surface area contributed by atoms with Gasteiger partial charge in [-0.15, -0.1) is 0 Å². The molecule has 0 saturated carbocycles. The number of aromatic hydroxyl groups is 1. The Hall–Kier alpha value is -3.42. The number of rotatable bonds is 6. The van der Waals surface area contributed by atoms with E-state index in [4.69, 9.17) is 9.84 Å². The van der Waals surface area contributed by atoms with Gasteiger partial charge in [-0.05, 0) is 30.3 Å². The van der Waals surface area contributed by atoms with Crippen molar-refractivity contribution in [2.75, 3.05) is 6.54 Å². The van der Waals surface area contributed by atoms with Crippen LogP contribution in [0.4, 0.5) is 0 Å². The van der Waals surface area contributed by atoms with Crippen LogP contribution in [0.3, 0.4) is 0 Å². The molecule has 1 amide bonds. The van der Waals surface area contributed by atoms with E-state index in [9.17, 15) is 14.7 Å². The molecular weight excluding hydrogens is 369 g/mol. The van der Waals surface area contributed by atoms with Gasteiger partial charge in [0, 0.05) is 16.5 Å². The Bertz CT molecular complexity index is 1080. The fourth-order valence-corrected chi connectivity index (χ4v) is 2.94. The highest BCUT2D eigenvalue weighted by atomic mass is 16.5. The second kappa shape index (κ2) is 7.91. The number of benzene rings is 2. The number of carboxylic acid groups (broad SMARTS) is 1. The Labute approximate surface area is 170 Å². The van der Waals surface area contributed by atoms with Crippen LogP contribution in [0.5, 0.6) is 17.2 Å². The number of ether oxygens (including phenoxy) is 1. The number of hydrogen-bond donors (Lipinski definition) is 3. The number of para-hydroxylation sites is 1. The summed E-state index contributed by atoms with van der Waals surface area (Å²) in [5, 5.41) is 22.3. The first-order valence-electron chi connectivity index (χ1n) is 9.07. The Kier molecular flexibility index (Phi) is 5.54. The average Bonchev–Trinajstić information content (AvgIpc) is 2.66. The van der Waals surface area contributed by atoms with Crippen LogP contribution in [-0.2, 0) is 9.91 Å². The summed E-state index contributed by atoms with van der Waals surface area (Å²) >= 11 is 0. The summed E-state index contributed by atoms with van der Waals surface area (Å²) in [6.07, 6.45) is 0. The molecule has 7 nitrogen and oxygen atoms in total. The summed E-state index contributed by atoms with van der Waals surface area (Å²) < 4.78 is 5.88. The molecule has 0 spiro atoms. The van der Waals surface area contributed by atoms with E-state index in [0.717, 1.165) is 0 Å². The van der Waals surface area contributed by atoms with Crippen molar-refractivity contribution >= 4 is 46.2 Å². The van der Waals surface area contributed by atoms with Crippen molar-refractivity contribution in [1.82, 2.24) is 10.3 Å². The summed E-state index contributed by atoms with van der Waals surface area (Å²) in [7, 11) is 5.82. The first-order chi connectivity index (χ1) is 13.7. The second-order valence-corrected chi connectivity index (χ2v) is 7.61. The molecule has 3 rings (SSSR count). The molecule has 0 aliphatic rings. The number of carbonyl (C=O) groups is 2. The van der Waals surface area contributed by atoms with Crippen molar-refractivity contribution in [3.05, 3.63) is 59.9 Å². The maximum atomic E-state index is 12.4. The van der Waals surface area contributed by atoms with Crippen molar-refractivity contribution in [2.24, 2.45) is 0 Å². The van der Waals surface area contributed by atoms with Gasteiger partial charge in [-0.2, -0.15) is 0 Å². The van der Waals surface area contributed by atoms with Crippen LogP contribution in [-0.4, -0.2) is 57.2 Å². The van der Waals surface area contributed by atoms with E-state index in [1.165, 1.54) is 0 Å². The summed E-state index contributed by atoms with van der Waals surface area (Å²) in [4.78, 5) is 27.5. The lowest BCUT2D eigenvalue weighted by molar-refractivity contribution is -0.135. The van der Waals surface area contributed by atoms with Gasteiger partial charge in [0.2, 0.25) is 0 Å². The SMILES string of the molecule is BC(B)(B)c1nc(C(=O)NCC(=O)O)c(O)c2ccc(Oc3ccccc3)cc12. The fourth-order valence-electron chi connectivity index (χ4n) is 2.94. The van der Waals surface area contributed by atoms with E-state index < -0.39 is 23.5 Å². The van der Waals surface area contributed by atoms with E-state index in [1.807, 2.05) is 53.9 Å². The molecule has 0 unspecified atom stereocenters. The fraction of sp³-hybridized carbons (Fsp3) is 0.105. The van der Waals surface area contributed by atoms with E-state index >= 15 is 0 Å². The zero-order valence-electron chi connectivity index (χ0n) is 16.4. The molecule has 2 aromatic carbocycles. The lowest BCUT2D eigenvalue weighted by Gasteiger charge is -2.22. The number of carbonyl (C=O) groups excluding carboxylic acids is 1. The number of aliphatic carboxylic acids is 1. The number of fused-ring (bicyclic) bond motifs is 1. The van der Waals surface area contributed by atoms with Crippen molar-refractivity contribution < 1.29 is 24.5 Å². The molecule has 3 N–H and O–H groups in total. The van der Waals surface area contributed by atoms with Crippen molar-refractivity contribution in [3.63, 3.8) is 0 Å². The minimum atomic E-state index is -1.18. The predicted molar refractivity (Wildman–Crippen MR) is 117 cm³/mol. The summed E-state index contributed by atoms with van der Waals surface area (Å²) in [5.74, 6) is -0.995. The largest absolute Gasteiger partial charge is 0.505 e. The Balaban J connectivity index is 2.11. The minimum Gasteiger partial charge on any atom is -0.505 e. The van der Waals surface area contributed by atoms with E-state index in [-0.39, 0.29) is 11.4 Å². The van der Waals surface area contributed by atoms with Gasteiger partial charge in [0.25, 0.3) is 5.91 Å². The standard InChI is InChI=1S/C19H19B3N2O5/c20-19(21,22)17-13-8-11(29-10-4-2-1-3-5-10)6-7-12(13)16(27)15(24-17)18(28)23-9-14(25)26/h1-8,27H,9,20-22H2,(H,23,28)(H,25,26). The summed E-state index contributed by atoms with van der Waals surface area (Å²) in [5.41, 5.74) is 0.379. The zero-order valence-corrected chi connectivity index (χ0v) is 16.4. The highest BCUT2D eigenvalue weighted by Gasteiger charge is 2.26. The predicted octanol–water partition coefficient (Wildman–Crippen LogP) is -0.443. The quantitative estimate of drug-likeness (QED) is 0.495. The molecule has 0 saturated heterocycles. The second-order valence-electron chi connectivity index (χ2n) is 7.61. The van der Waals surface area contributed by atoms with Gasteiger partial charge >= 0.3 is 5.97 Å². The maximum Gasteiger partial charge on any atom is 0.322 e. The molecule has 144 valence electrons. The van der Waals surface area contributed by atoms with Crippen LogP contribution in [0, 0.1) is 0 Å². The average molecular weight is 388 g/mol. The van der Waals surface area contributed by atoms with E-state index in [0.29, 0.717) is 28.0 Å². The summed E-state index contributed by atoms with van der Waals surface area (Å²) in [6.45, 7) is -0.563. The highest BCUT2D eigenvalue weighted by molar-refractivity contribution is 6.59. The molecule has 0 aliphatic heterocycles. The topological polar surface area (TPSA) is 109 Å². The van der Waals surface area contributed by atoms with Crippen LogP contribution >= 0.6 is 0 Å². The summed E-state index contributed by atoms with van der Waals surface area (Å²) in [6, 6.07) is 14.4. The third-order valence-electron chi connectivity index (χ3n) is 4.25. The van der Waals surface area contributed by atoms with Crippen LogP contribution in [0.1, 0.15) is 16.2 Å². The van der Waals surface area contributed by atoms with Gasteiger partial charge < -0.3 is 20.3 Å². The monoisotopic (exact) mass is 388 g/mol. The molecule has 29 heavy (non-hydrogen) atoms.